The van der Waals surface area contributed by atoms with E-state index in [1.165, 1.54) is 0 Å². The average molecular weight is 484 g/mol. The van der Waals surface area contributed by atoms with Crippen LogP contribution in [0.2, 0.25) is 0 Å². The third-order valence-corrected chi connectivity index (χ3v) is 6.62. The van der Waals surface area contributed by atoms with Crippen LogP contribution in [-0.2, 0) is 11.3 Å². The van der Waals surface area contributed by atoms with Crippen LogP contribution in [0.15, 0.2) is 85.3 Å². The van der Waals surface area contributed by atoms with Crippen LogP contribution >= 0.6 is 0 Å². The molecule has 1 saturated heterocycles. The van der Waals surface area contributed by atoms with Gasteiger partial charge in [0.25, 0.3) is 5.91 Å². The summed E-state index contributed by atoms with van der Waals surface area (Å²) in [5, 5.41) is 7.57. The van der Waals surface area contributed by atoms with E-state index in [-0.39, 0.29) is 17.7 Å². The first-order valence-corrected chi connectivity index (χ1v) is 12.1. The topological polar surface area (TPSA) is 81.4 Å². The molecular formula is C28H29N5O3. The number of rotatable bonds is 7. The normalized spacial score (nSPS) is 14.0. The molecule has 0 saturated carbocycles. The van der Waals surface area contributed by atoms with Crippen LogP contribution < -0.4 is 10.1 Å². The number of benzene rings is 2. The highest BCUT2D eigenvalue weighted by Crippen LogP contribution is 2.25. The van der Waals surface area contributed by atoms with Gasteiger partial charge in [-0.05, 0) is 43.2 Å². The number of nitrogens with one attached hydrogen (secondary N) is 1. The zero-order chi connectivity index (χ0) is 24.9. The van der Waals surface area contributed by atoms with Gasteiger partial charge in [0.2, 0.25) is 5.91 Å². The van der Waals surface area contributed by atoms with E-state index in [0.717, 1.165) is 17.0 Å². The monoisotopic (exact) mass is 483 g/mol. The van der Waals surface area contributed by atoms with Gasteiger partial charge in [-0.15, -0.1) is 0 Å². The molecule has 0 aliphatic carbocycles. The highest BCUT2D eigenvalue weighted by Gasteiger charge is 2.30. The molecule has 0 atom stereocenters. The maximum atomic E-state index is 13.6. The molecule has 0 radical (unpaired) electrons. The minimum absolute atomic E-state index is 0.0120. The molecular weight excluding hydrogens is 454 g/mol. The quantitative estimate of drug-likeness (QED) is 0.433. The van der Waals surface area contributed by atoms with E-state index < -0.39 is 0 Å². The lowest BCUT2D eigenvalue weighted by Gasteiger charge is -2.31. The number of aromatic nitrogens is 3. The van der Waals surface area contributed by atoms with Gasteiger partial charge in [0.15, 0.2) is 5.82 Å². The Labute approximate surface area is 210 Å². The summed E-state index contributed by atoms with van der Waals surface area (Å²) in [7, 11) is 1.62. The smallest absolute Gasteiger partial charge is 0.259 e. The molecule has 0 spiro atoms. The number of methoxy groups -OCH3 is 1. The van der Waals surface area contributed by atoms with Crippen molar-refractivity contribution in [1.29, 1.82) is 0 Å². The second-order valence-corrected chi connectivity index (χ2v) is 8.82. The zero-order valence-electron chi connectivity index (χ0n) is 20.2. The number of piperidine rings is 1. The van der Waals surface area contributed by atoms with Gasteiger partial charge >= 0.3 is 0 Å². The summed E-state index contributed by atoms with van der Waals surface area (Å²) in [5.74, 6) is 1.27. The standard InChI is InChI=1S/C28H29N5O3/c1-36-25-12-6-5-9-22(25)19-29-26(34)21-13-17-32(18-14-21)28(35)24-20-30-33(23-10-3-2-4-11-23)27(24)31-15-7-8-16-31/h2-12,15-16,20-21H,13-14,17-19H2,1H3,(H,29,34). The van der Waals surface area contributed by atoms with Crippen LogP contribution in [0.1, 0.15) is 28.8 Å². The zero-order valence-corrected chi connectivity index (χ0v) is 20.2. The lowest BCUT2D eigenvalue weighted by molar-refractivity contribution is -0.126. The van der Waals surface area contributed by atoms with E-state index in [4.69, 9.17) is 4.74 Å². The van der Waals surface area contributed by atoms with E-state index >= 15 is 0 Å². The van der Waals surface area contributed by atoms with Gasteiger partial charge in [-0.2, -0.15) is 5.10 Å². The Kier molecular flexibility index (Phi) is 6.84. The molecule has 8 nitrogen and oxygen atoms in total. The van der Waals surface area contributed by atoms with E-state index in [1.807, 2.05) is 88.6 Å². The third kappa shape index (κ3) is 4.75. The maximum absolute atomic E-state index is 13.6. The van der Waals surface area contributed by atoms with Crippen LogP contribution in [-0.4, -0.2) is 51.3 Å². The van der Waals surface area contributed by atoms with Crippen molar-refractivity contribution < 1.29 is 14.3 Å². The Bertz CT molecular complexity index is 1320. The number of hydrogen-bond donors (Lipinski definition) is 1. The fourth-order valence-corrected chi connectivity index (χ4v) is 4.67. The summed E-state index contributed by atoms with van der Waals surface area (Å²) >= 11 is 0. The number of amides is 2. The molecule has 184 valence electrons. The molecule has 1 fully saturated rings. The van der Waals surface area contributed by atoms with Gasteiger partial charge in [0.05, 0.1) is 19.0 Å². The highest BCUT2D eigenvalue weighted by atomic mass is 16.5. The summed E-state index contributed by atoms with van der Waals surface area (Å²) in [6.07, 6.45) is 6.69. The van der Waals surface area contributed by atoms with Gasteiger partial charge < -0.3 is 19.5 Å². The minimum atomic E-state index is -0.125. The average Bonchev–Trinajstić information content (AvgIpc) is 3.62. The molecule has 1 N–H and O–H groups in total. The number of likely N-dealkylation sites (tertiary alicyclic amines) is 1. The second kappa shape index (κ2) is 10.5. The molecule has 0 unspecified atom stereocenters. The first kappa shape index (κ1) is 23.4. The van der Waals surface area contributed by atoms with Crippen molar-refractivity contribution in [2.45, 2.75) is 19.4 Å². The lowest BCUT2D eigenvalue weighted by Crippen LogP contribution is -2.43. The predicted octanol–water partition coefficient (Wildman–Crippen LogP) is 3.84. The Hall–Kier alpha value is -4.33. The van der Waals surface area contributed by atoms with E-state index in [9.17, 15) is 9.59 Å². The lowest BCUT2D eigenvalue weighted by atomic mass is 9.95. The van der Waals surface area contributed by atoms with E-state index in [1.54, 1.807) is 18.0 Å². The molecule has 2 aromatic heterocycles. The Morgan fingerprint density at radius 3 is 2.39 bits per heavy atom. The molecule has 1 aliphatic rings. The molecule has 36 heavy (non-hydrogen) atoms. The molecule has 3 heterocycles. The molecule has 1 aliphatic heterocycles. The number of carbonyl (C=O) groups excluding carboxylic acids is 2. The fourth-order valence-electron chi connectivity index (χ4n) is 4.67. The SMILES string of the molecule is COc1ccccc1CNC(=O)C1CCN(C(=O)c2cnn(-c3ccccc3)c2-n2cccc2)CC1. The summed E-state index contributed by atoms with van der Waals surface area (Å²) in [6.45, 7) is 1.46. The number of para-hydroxylation sites is 2. The van der Waals surface area contributed by atoms with Crippen molar-refractivity contribution in [3.63, 3.8) is 0 Å². The van der Waals surface area contributed by atoms with Crippen LogP contribution in [0.3, 0.4) is 0 Å². The molecule has 4 aromatic rings. The molecule has 2 aromatic carbocycles. The Morgan fingerprint density at radius 2 is 1.67 bits per heavy atom. The van der Waals surface area contributed by atoms with Gasteiger partial charge in [-0.25, -0.2) is 4.68 Å². The van der Waals surface area contributed by atoms with Gasteiger partial charge in [-0.1, -0.05) is 36.4 Å². The van der Waals surface area contributed by atoms with E-state index in [0.29, 0.717) is 43.9 Å². The van der Waals surface area contributed by atoms with Crippen molar-refractivity contribution in [2.75, 3.05) is 20.2 Å². The van der Waals surface area contributed by atoms with Gasteiger partial charge in [0, 0.05) is 43.5 Å². The van der Waals surface area contributed by atoms with Crippen LogP contribution in [0.5, 0.6) is 5.75 Å². The van der Waals surface area contributed by atoms with Crippen molar-refractivity contribution in [3.05, 3.63) is 96.4 Å². The van der Waals surface area contributed by atoms with Gasteiger partial charge in [-0.3, -0.25) is 9.59 Å². The number of nitrogens with zero attached hydrogens (tertiary/aromatic N) is 4. The molecule has 5 rings (SSSR count). The molecule has 0 bridgehead atoms. The highest BCUT2D eigenvalue weighted by molar-refractivity contribution is 5.97. The third-order valence-electron chi connectivity index (χ3n) is 6.62. The van der Waals surface area contributed by atoms with Crippen molar-refractivity contribution in [3.8, 4) is 17.3 Å². The Morgan fingerprint density at radius 1 is 0.972 bits per heavy atom. The molecule has 2 amide bonds. The van der Waals surface area contributed by atoms with Crippen molar-refractivity contribution in [1.82, 2.24) is 24.6 Å². The van der Waals surface area contributed by atoms with Crippen LogP contribution in [0.4, 0.5) is 0 Å². The largest absolute Gasteiger partial charge is 0.496 e. The maximum Gasteiger partial charge on any atom is 0.259 e. The van der Waals surface area contributed by atoms with Crippen LogP contribution in [0, 0.1) is 5.92 Å². The fraction of sp³-hybridized carbons (Fsp3) is 0.250. The number of ether oxygens (including phenoxy) is 1. The van der Waals surface area contributed by atoms with Crippen molar-refractivity contribution >= 4 is 11.8 Å². The predicted molar refractivity (Wildman–Crippen MR) is 136 cm³/mol. The summed E-state index contributed by atoms with van der Waals surface area (Å²) in [5.41, 5.74) is 2.36. The number of hydrogen-bond acceptors (Lipinski definition) is 4. The summed E-state index contributed by atoms with van der Waals surface area (Å²) < 4.78 is 9.06. The number of carbonyl (C=O) groups is 2. The van der Waals surface area contributed by atoms with Crippen LogP contribution in [0.25, 0.3) is 11.5 Å². The summed E-state index contributed by atoms with van der Waals surface area (Å²) in [4.78, 5) is 28.2. The van der Waals surface area contributed by atoms with E-state index in [2.05, 4.69) is 10.4 Å². The summed E-state index contributed by atoms with van der Waals surface area (Å²) in [6, 6.07) is 21.3. The minimum Gasteiger partial charge on any atom is -0.496 e. The first-order chi connectivity index (χ1) is 17.7. The first-order valence-electron chi connectivity index (χ1n) is 12.1. The van der Waals surface area contributed by atoms with Gasteiger partial charge in [0.1, 0.15) is 11.3 Å². The second-order valence-electron chi connectivity index (χ2n) is 8.82. The molecule has 8 heteroatoms. The Balaban J connectivity index is 1.26. The van der Waals surface area contributed by atoms with Crippen molar-refractivity contribution in [2.24, 2.45) is 5.92 Å².